The lowest BCUT2D eigenvalue weighted by Gasteiger charge is -2.09. The Kier molecular flexibility index (Phi) is 8.90. The van der Waals surface area contributed by atoms with Crippen LogP contribution in [0.15, 0.2) is 48.5 Å². The van der Waals surface area contributed by atoms with Crippen LogP contribution in [0.2, 0.25) is 0 Å². The summed E-state index contributed by atoms with van der Waals surface area (Å²) < 4.78 is 11.3. The molecule has 0 aliphatic carbocycles. The Morgan fingerprint density at radius 2 is 1.30 bits per heavy atom. The molecule has 0 amide bonds. The fourth-order valence-electron chi connectivity index (χ4n) is 2.59. The van der Waals surface area contributed by atoms with Crippen molar-refractivity contribution in [3.63, 3.8) is 0 Å². The van der Waals surface area contributed by atoms with Crippen LogP contribution in [0.5, 0.6) is 11.5 Å². The molecule has 0 bridgehead atoms. The van der Waals surface area contributed by atoms with Gasteiger partial charge in [-0.15, -0.1) is 0 Å². The minimum absolute atomic E-state index is 0.220. The Balaban J connectivity index is 1.75. The number of carboxylic acid groups (broad SMARTS) is 1. The Bertz CT molecular complexity index is 692. The van der Waals surface area contributed by atoms with E-state index in [0.717, 1.165) is 48.2 Å². The molecule has 1 N–H and O–H groups in total. The predicted octanol–water partition coefficient (Wildman–Crippen LogP) is 4.74. The molecule has 0 fully saturated rings. The minimum atomic E-state index is -0.746. The van der Waals surface area contributed by atoms with Crippen LogP contribution >= 0.6 is 0 Å². The third kappa shape index (κ3) is 7.94. The zero-order valence-electron chi connectivity index (χ0n) is 15.4. The quantitative estimate of drug-likeness (QED) is 0.407. The lowest BCUT2D eigenvalue weighted by Crippen LogP contribution is -1.99. The first kappa shape index (κ1) is 20.5. The summed E-state index contributed by atoms with van der Waals surface area (Å²) in [5.74, 6) is 0.864. The molecule has 5 heteroatoms. The molecule has 2 rings (SSSR count). The second-order valence-corrected chi connectivity index (χ2v) is 6.26. The number of carboxylic acids is 1. The molecule has 0 atom stereocenters. The average molecular weight is 370 g/mol. The number of unbranched alkanes of at least 4 members (excludes halogenated alkanes) is 3. The van der Waals surface area contributed by atoms with Gasteiger partial charge in [0.05, 0.1) is 13.2 Å². The normalized spacial score (nSPS) is 10.4. The van der Waals surface area contributed by atoms with E-state index in [0.29, 0.717) is 26.1 Å². The number of hydrogen-bond donors (Lipinski definition) is 1. The van der Waals surface area contributed by atoms with Gasteiger partial charge < -0.3 is 19.4 Å². The molecule has 5 nitrogen and oxygen atoms in total. The SMILES string of the molecule is O=CCCCOc1ccc(-c2ccc(OCCCCCC(=O)O)cc2)cc1. The monoisotopic (exact) mass is 370 g/mol. The van der Waals surface area contributed by atoms with E-state index in [-0.39, 0.29) is 6.42 Å². The van der Waals surface area contributed by atoms with E-state index < -0.39 is 5.97 Å². The Morgan fingerprint density at radius 3 is 1.78 bits per heavy atom. The average Bonchev–Trinajstić information content (AvgIpc) is 2.69. The summed E-state index contributed by atoms with van der Waals surface area (Å²) in [6.07, 6.45) is 4.77. The van der Waals surface area contributed by atoms with Crippen LogP contribution < -0.4 is 9.47 Å². The fraction of sp³-hybridized carbons (Fsp3) is 0.364. The molecule has 27 heavy (non-hydrogen) atoms. The molecule has 0 aromatic heterocycles. The van der Waals surface area contributed by atoms with Crippen molar-refractivity contribution in [1.29, 1.82) is 0 Å². The first-order chi connectivity index (χ1) is 13.2. The molecule has 2 aromatic carbocycles. The summed E-state index contributed by atoms with van der Waals surface area (Å²) in [6, 6.07) is 15.8. The van der Waals surface area contributed by atoms with Crippen molar-refractivity contribution in [3.8, 4) is 22.6 Å². The zero-order chi connectivity index (χ0) is 19.3. The van der Waals surface area contributed by atoms with Crippen molar-refractivity contribution in [2.75, 3.05) is 13.2 Å². The first-order valence-electron chi connectivity index (χ1n) is 9.30. The largest absolute Gasteiger partial charge is 0.494 e. The number of carbonyl (C=O) groups excluding carboxylic acids is 1. The summed E-state index contributed by atoms with van der Waals surface area (Å²) >= 11 is 0. The zero-order valence-corrected chi connectivity index (χ0v) is 15.4. The molecule has 0 aliphatic heterocycles. The highest BCUT2D eigenvalue weighted by Gasteiger charge is 2.01. The second kappa shape index (κ2) is 11.7. The van der Waals surface area contributed by atoms with Crippen LogP contribution in [0.4, 0.5) is 0 Å². The van der Waals surface area contributed by atoms with Crippen LogP contribution in [0, 0.1) is 0 Å². The summed E-state index contributed by atoms with van der Waals surface area (Å²) in [7, 11) is 0. The maximum atomic E-state index is 10.4. The molecular formula is C22H26O5. The number of aldehydes is 1. The Morgan fingerprint density at radius 1 is 0.778 bits per heavy atom. The lowest BCUT2D eigenvalue weighted by molar-refractivity contribution is -0.137. The topological polar surface area (TPSA) is 72.8 Å². The minimum Gasteiger partial charge on any atom is -0.494 e. The standard InChI is InChI=1S/C22H26O5/c23-15-3-5-17-27-21-13-9-19(10-14-21)18-7-11-20(12-8-18)26-16-4-1-2-6-22(24)25/h7-15H,1-6,16-17H2,(H,24,25). The van der Waals surface area contributed by atoms with E-state index in [4.69, 9.17) is 14.6 Å². The van der Waals surface area contributed by atoms with E-state index >= 15 is 0 Å². The van der Waals surface area contributed by atoms with E-state index in [1.807, 2.05) is 48.5 Å². The van der Waals surface area contributed by atoms with Crippen LogP contribution in [0.3, 0.4) is 0 Å². The number of carbonyl (C=O) groups is 2. The van der Waals surface area contributed by atoms with Gasteiger partial charge in [0.15, 0.2) is 0 Å². The van der Waals surface area contributed by atoms with Crippen molar-refractivity contribution >= 4 is 12.3 Å². The molecule has 144 valence electrons. The third-order valence-corrected chi connectivity index (χ3v) is 4.08. The van der Waals surface area contributed by atoms with E-state index in [1.165, 1.54) is 0 Å². The van der Waals surface area contributed by atoms with Crippen molar-refractivity contribution in [2.24, 2.45) is 0 Å². The lowest BCUT2D eigenvalue weighted by atomic mass is 10.1. The van der Waals surface area contributed by atoms with Crippen molar-refractivity contribution in [2.45, 2.75) is 38.5 Å². The van der Waals surface area contributed by atoms with Gasteiger partial charge in [-0.2, -0.15) is 0 Å². The molecule has 0 saturated carbocycles. The summed E-state index contributed by atoms with van der Waals surface area (Å²) in [5, 5.41) is 8.59. The number of benzene rings is 2. The van der Waals surface area contributed by atoms with Crippen molar-refractivity contribution in [3.05, 3.63) is 48.5 Å². The van der Waals surface area contributed by atoms with Gasteiger partial charge in [-0.1, -0.05) is 24.3 Å². The molecule has 0 aliphatic rings. The van der Waals surface area contributed by atoms with Crippen LogP contribution in [0.25, 0.3) is 11.1 Å². The molecule has 0 heterocycles. The number of aliphatic carboxylic acids is 1. The molecule has 0 radical (unpaired) electrons. The Hall–Kier alpha value is -2.82. The smallest absolute Gasteiger partial charge is 0.303 e. The van der Waals surface area contributed by atoms with Gasteiger partial charge in [-0.05, 0) is 61.1 Å². The highest BCUT2D eigenvalue weighted by Crippen LogP contribution is 2.25. The number of hydrogen-bond acceptors (Lipinski definition) is 4. The van der Waals surface area contributed by atoms with Crippen LogP contribution in [-0.2, 0) is 9.59 Å². The van der Waals surface area contributed by atoms with Crippen molar-refractivity contribution < 1.29 is 24.2 Å². The van der Waals surface area contributed by atoms with Gasteiger partial charge in [-0.25, -0.2) is 0 Å². The van der Waals surface area contributed by atoms with Gasteiger partial charge in [0, 0.05) is 12.8 Å². The maximum Gasteiger partial charge on any atom is 0.303 e. The van der Waals surface area contributed by atoms with Gasteiger partial charge in [0.1, 0.15) is 17.8 Å². The number of rotatable bonds is 13. The molecule has 0 saturated heterocycles. The molecule has 0 unspecified atom stereocenters. The van der Waals surface area contributed by atoms with Crippen LogP contribution in [0.1, 0.15) is 38.5 Å². The molecule has 0 spiro atoms. The van der Waals surface area contributed by atoms with Gasteiger partial charge in [-0.3, -0.25) is 4.79 Å². The summed E-state index contributed by atoms with van der Waals surface area (Å²) in [6.45, 7) is 1.13. The first-order valence-corrected chi connectivity index (χ1v) is 9.30. The maximum absolute atomic E-state index is 10.4. The van der Waals surface area contributed by atoms with Crippen molar-refractivity contribution in [1.82, 2.24) is 0 Å². The molecule has 2 aromatic rings. The van der Waals surface area contributed by atoms with E-state index in [2.05, 4.69) is 0 Å². The van der Waals surface area contributed by atoms with E-state index in [9.17, 15) is 9.59 Å². The molecular weight excluding hydrogens is 344 g/mol. The highest BCUT2D eigenvalue weighted by atomic mass is 16.5. The summed E-state index contributed by atoms with van der Waals surface area (Å²) in [5.41, 5.74) is 2.19. The van der Waals surface area contributed by atoms with Gasteiger partial charge in [0.25, 0.3) is 0 Å². The second-order valence-electron chi connectivity index (χ2n) is 6.26. The fourth-order valence-corrected chi connectivity index (χ4v) is 2.59. The van der Waals surface area contributed by atoms with Crippen LogP contribution in [-0.4, -0.2) is 30.6 Å². The van der Waals surface area contributed by atoms with Gasteiger partial charge in [0.2, 0.25) is 0 Å². The van der Waals surface area contributed by atoms with Gasteiger partial charge >= 0.3 is 5.97 Å². The summed E-state index contributed by atoms with van der Waals surface area (Å²) in [4.78, 5) is 20.7. The Labute approximate surface area is 159 Å². The predicted molar refractivity (Wildman–Crippen MR) is 104 cm³/mol. The highest BCUT2D eigenvalue weighted by molar-refractivity contribution is 5.66. The van der Waals surface area contributed by atoms with E-state index in [1.54, 1.807) is 0 Å². The third-order valence-electron chi connectivity index (χ3n) is 4.08. The number of ether oxygens (including phenoxy) is 2.